The number of aryl methyl sites for hydroxylation is 1. The van der Waals surface area contributed by atoms with Gasteiger partial charge in [0.05, 0.1) is 11.4 Å². The minimum atomic E-state index is -5.08. The molecule has 3 aromatic rings. The Bertz CT molecular complexity index is 1380. The third kappa shape index (κ3) is 5.90. The van der Waals surface area contributed by atoms with E-state index in [1.54, 1.807) is 27.9 Å². The van der Waals surface area contributed by atoms with E-state index in [9.17, 15) is 22.4 Å². The van der Waals surface area contributed by atoms with E-state index in [1.165, 1.54) is 6.07 Å². The molecule has 210 valence electrons. The molecule has 1 saturated heterocycles. The summed E-state index contributed by atoms with van der Waals surface area (Å²) in [6.07, 6.45) is 0.745. The van der Waals surface area contributed by atoms with E-state index < -0.39 is 18.0 Å². The molecule has 2 N–H and O–H groups in total. The zero-order valence-corrected chi connectivity index (χ0v) is 21.8. The van der Waals surface area contributed by atoms with E-state index in [0.717, 1.165) is 36.5 Å². The van der Waals surface area contributed by atoms with Crippen molar-refractivity contribution >= 4 is 34.8 Å². The lowest BCUT2D eigenvalue weighted by atomic mass is 10.1. The number of amides is 2. The van der Waals surface area contributed by atoms with Gasteiger partial charge in [-0.3, -0.25) is 9.80 Å². The average Bonchev–Trinajstić information content (AvgIpc) is 3.44. The largest absolute Gasteiger partial charge is 0.490 e. The van der Waals surface area contributed by atoms with Crippen molar-refractivity contribution in [2.75, 3.05) is 41.8 Å². The number of anilines is 3. The van der Waals surface area contributed by atoms with Crippen LogP contribution in [0.4, 0.5) is 39.5 Å². The number of nitrogens with zero attached hydrogens (tertiary/aromatic N) is 6. The molecule has 0 aliphatic carbocycles. The SMILES string of the molecule is Cc1cn2cc(NC(=O)N3CCc4c(N5C[C@@H](C)N(C)[C@@H](C)C5)ccnc43)c(F)cc2n1.O=C(O)C(F)(F)F. The number of carboxylic acids is 1. The van der Waals surface area contributed by atoms with Crippen LogP contribution in [-0.2, 0) is 11.2 Å². The Kier molecular flexibility index (Phi) is 7.68. The summed E-state index contributed by atoms with van der Waals surface area (Å²) in [4.78, 5) is 37.1. The molecule has 2 aliphatic heterocycles. The van der Waals surface area contributed by atoms with Crippen LogP contribution in [0.1, 0.15) is 25.1 Å². The molecular weight excluding hydrogens is 522 g/mol. The summed E-state index contributed by atoms with van der Waals surface area (Å²) in [5.41, 5.74) is 3.62. The highest BCUT2D eigenvalue weighted by Crippen LogP contribution is 2.35. The van der Waals surface area contributed by atoms with Gasteiger partial charge < -0.3 is 19.7 Å². The fourth-order valence-electron chi connectivity index (χ4n) is 4.78. The van der Waals surface area contributed by atoms with E-state index in [0.29, 0.717) is 30.1 Å². The second kappa shape index (κ2) is 10.7. The van der Waals surface area contributed by atoms with Crippen LogP contribution >= 0.6 is 0 Å². The summed E-state index contributed by atoms with van der Waals surface area (Å²) in [7, 11) is 2.16. The molecule has 3 aromatic heterocycles. The maximum Gasteiger partial charge on any atom is 0.490 e. The number of nitrogens with one attached hydrogen (secondary N) is 1. The fraction of sp³-hybridized carbons (Fsp3) is 0.440. The predicted molar refractivity (Wildman–Crippen MR) is 137 cm³/mol. The number of carbonyl (C=O) groups is 2. The first-order chi connectivity index (χ1) is 18.3. The molecule has 2 aliphatic rings. The second-order valence-corrected chi connectivity index (χ2v) is 9.72. The van der Waals surface area contributed by atoms with Crippen LogP contribution in [0.3, 0.4) is 0 Å². The van der Waals surface area contributed by atoms with Gasteiger partial charge in [-0.2, -0.15) is 13.2 Å². The maximum absolute atomic E-state index is 14.6. The smallest absolute Gasteiger partial charge is 0.475 e. The van der Waals surface area contributed by atoms with Gasteiger partial charge in [0.25, 0.3) is 0 Å². The van der Waals surface area contributed by atoms with E-state index in [4.69, 9.17) is 9.90 Å². The highest BCUT2D eigenvalue weighted by Gasteiger charge is 2.38. The van der Waals surface area contributed by atoms with Crippen molar-refractivity contribution in [3.05, 3.63) is 47.8 Å². The summed E-state index contributed by atoms with van der Waals surface area (Å²) in [5, 5.41) is 9.84. The molecule has 5 heterocycles. The number of pyridine rings is 2. The number of piperazine rings is 1. The molecule has 2 atom stereocenters. The predicted octanol–water partition coefficient (Wildman–Crippen LogP) is 3.93. The molecule has 39 heavy (non-hydrogen) atoms. The molecule has 0 spiro atoms. The zero-order valence-electron chi connectivity index (χ0n) is 21.8. The number of carboxylic acid groups (broad SMARTS) is 1. The van der Waals surface area contributed by atoms with Crippen molar-refractivity contribution in [1.82, 2.24) is 19.3 Å². The van der Waals surface area contributed by atoms with Crippen molar-refractivity contribution in [3.63, 3.8) is 0 Å². The maximum atomic E-state index is 14.6. The number of hydrogen-bond donors (Lipinski definition) is 2. The Hall–Kier alpha value is -3.94. The molecule has 0 radical (unpaired) electrons. The van der Waals surface area contributed by atoms with Gasteiger partial charge in [0, 0.05) is 67.6 Å². The normalized spacial score (nSPS) is 19.5. The highest BCUT2D eigenvalue weighted by molar-refractivity contribution is 6.03. The summed E-state index contributed by atoms with van der Waals surface area (Å²) in [6.45, 7) is 8.68. The quantitative estimate of drug-likeness (QED) is 0.465. The number of imidazole rings is 1. The fourth-order valence-corrected chi connectivity index (χ4v) is 4.78. The van der Waals surface area contributed by atoms with Crippen molar-refractivity contribution in [3.8, 4) is 0 Å². The van der Waals surface area contributed by atoms with Gasteiger partial charge in [-0.1, -0.05) is 0 Å². The van der Waals surface area contributed by atoms with Crippen molar-refractivity contribution < 1.29 is 32.3 Å². The van der Waals surface area contributed by atoms with Crippen molar-refractivity contribution in [1.29, 1.82) is 0 Å². The summed E-state index contributed by atoms with van der Waals surface area (Å²) < 4.78 is 48.0. The second-order valence-electron chi connectivity index (χ2n) is 9.72. The summed E-state index contributed by atoms with van der Waals surface area (Å²) in [5.74, 6) is -2.62. The van der Waals surface area contributed by atoms with Crippen molar-refractivity contribution in [2.24, 2.45) is 0 Å². The van der Waals surface area contributed by atoms with Gasteiger partial charge in [0.2, 0.25) is 0 Å². The van der Waals surface area contributed by atoms with Crippen LogP contribution in [0.15, 0.2) is 30.7 Å². The molecule has 0 saturated carbocycles. The first kappa shape index (κ1) is 28.1. The van der Waals surface area contributed by atoms with Gasteiger partial charge >= 0.3 is 18.2 Å². The molecule has 10 nitrogen and oxygen atoms in total. The molecule has 0 aromatic carbocycles. The van der Waals surface area contributed by atoms with Gasteiger partial charge in [-0.05, 0) is 40.3 Å². The Morgan fingerprint density at radius 2 is 1.79 bits per heavy atom. The van der Waals surface area contributed by atoms with Crippen LogP contribution < -0.4 is 15.1 Å². The third-order valence-electron chi connectivity index (χ3n) is 6.94. The number of alkyl halides is 3. The number of likely N-dealkylation sites (N-methyl/N-ethyl adjacent to an activating group) is 1. The zero-order chi connectivity index (χ0) is 28.6. The third-order valence-corrected chi connectivity index (χ3v) is 6.94. The Morgan fingerprint density at radius 1 is 1.15 bits per heavy atom. The standard InChI is InChI=1S/C23H28FN7O.C2HF3O2/c1-14-10-30-13-19(18(24)9-21(30)26-14)27-23(32)31-8-6-17-20(5-7-25-22(17)31)29-11-15(2)28(4)16(3)12-29;3-2(4,5)1(6)7/h5,7,9-10,13,15-16H,6,8,11-12H2,1-4H3,(H,27,32);(H,6,7)/t15-,16+;. The number of aliphatic carboxylic acids is 1. The minimum Gasteiger partial charge on any atom is -0.475 e. The summed E-state index contributed by atoms with van der Waals surface area (Å²) in [6, 6.07) is 3.86. The van der Waals surface area contributed by atoms with Gasteiger partial charge in [-0.15, -0.1) is 0 Å². The lowest BCUT2D eigenvalue weighted by Gasteiger charge is -2.44. The molecule has 14 heteroatoms. The van der Waals surface area contributed by atoms with Gasteiger partial charge in [0.15, 0.2) is 5.82 Å². The Morgan fingerprint density at radius 3 is 2.41 bits per heavy atom. The number of hydrogen-bond acceptors (Lipinski definition) is 6. The van der Waals surface area contributed by atoms with Gasteiger partial charge in [0.1, 0.15) is 11.5 Å². The van der Waals surface area contributed by atoms with Crippen LogP contribution in [0.5, 0.6) is 0 Å². The first-order valence-electron chi connectivity index (χ1n) is 12.2. The topological polar surface area (TPSA) is 106 Å². The van der Waals surface area contributed by atoms with E-state index in [1.807, 2.05) is 13.0 Å². The Labute approximate surface area is 221 Å². The number of halogens is 4. The minimum absolute atomic E-state index is 0.117. The van der Waals surface area contributed by atoms with Crippen LogP contribution in [0.2, 0.25) is 0 Å². The van der Waals surface area contributed by atoms with E-state index in [2.05, 4.69) is 46.0 Å². The molecular formula is C25H29F4N7O3. The number of aromatic nitrogens is 3. The number of rotatable bonds is 2. The van der Waals surface area contributed by atoms with Crippen molar-refractivity contribution in [2.45, 2.75) is 45.5 Å². The lowest BCUT2D eigenvalue weighted by molar-refractivity contribution is -0.192. The lowest BCUT2D eigenvalue weighted by Crippen LogP contribution is -2.55. The number of urea groups is 1. The molecule has 2 amide bonds. The number of fused-ring (bicyclic) bond motifs is 2. The van der Waals surface area contributed by atoms with Crippen LogP contribution in [0, 0.1) is 12.7 Å². The molecule has 0 bridgehead atoms. The monoisotopic (exact) mass is 551 g/mol. The van der Waals surface area contributed by atoms with Crippen LogP contribution in [-0.4, -0.2) is 81.3 Å². The molecule has 0 unspecified atom stereocenters. The first-order valence-corrected chi connectivity index (χ1v) is 12.2. The van der Waals surface area contributed by atoms with Crippen LogP contribution in [0.25, 0.3) is 5.65 Å². The molecule has 5 rings (SSSR count). The van der Waals surface area contributed by atoms with E-state index >= 15 is 0 Å². The summed E-state index contributed by atoms with van der Waals surface area (Å²) >= 11 is 0. The van der Waals surface area contributed by atoms with Gasteiger partial charge in [-0.25, -0.2) is 23.9 Å². The average molecular weight is 552 g/mol. The highest BCUT2D eigenvalue weighted by atomic mass is 19.4. The molecule has 1 fully saturated rings. The Balaban J connectivity index is 0.000000448. The number of carbonyl (C=O) groups excluding carboxylic acids is 1. The van der Waals surface area contributed by atoms with E-state index in [-0.39, 0.29) is 11.7 Å².